The molecule has 0 aliphatic heterocycles. The van der Waals surface area contributed by atoms with Gasteiger partial charge in [0.05, 0.1) is 16.8 Å². The topological polar surface area (TPSA) is 12.0 Å². The Morgan fingerprint density at radius 1 is 1.36 bits per heavy atom. The lowest BCUT2D eigenvalue weighted by Crippen LogP contribution is -2.12. The molecule has 0 bridgehead atoms. The van der Waals surface area contributed by atoms with E-state index in [1.54, 1.807) is 6.07 Å². The van der Waals surface area contributed by atoms with E-state index in [0.29, 0.717) is 10.0 Å². The predicted molar refractivity (Wildman–Crippen MR) is 63.1 cm³/mol. The van der Waals surface area contributed by atoms with Crippen molar-refractivity contribution in [3.63, 3.8) is 0 Å². The minimum Gasteiger partial charge on any atom is -0.371 e. The third kappa shape index (κ3) is 2.57. The molecule has 1 aromatic carbocycles. The quantitative estimate of drug-likeness (QED) is 0.760. The zero-order chi connectivity index (χ0) is 10.7. The lowest BCUT2D eigenvalue weighted by Gasteiger charge is -2.12. The summed E-state index contributed by atoms with van der Waals surface area (Å²) in [5.74, 6) is 2.56. The molecule has 0 heterocycles. The molecule has 1 nitrogen and oxygen atoms in total. The predicted octanol–water partition coefficient (Wildman–Crippen LogP) is 3.74. The molecule has 0 aromatic heterocycles. The first-order chi connectivity index (χ1) is 6.54. The molecule has 1 aromatic rings. The summed E-state index contributed by atoms with van der Waals surface area (Å²) in [5.41, 5.74) is 1.73. The van der Waals surface area contributed by atoms with Crippen LogP contribution in [0.25, 0.3) is 0 Å². The van der Waals surface area contributed by atoms with Crippen molar-refractivity contribution in [3.8, 4) is 12.3 Å². The van der Waals surface area contributed by atoms with Gasteiger partial charge in [-0.25, -0.2) is 0 Å². The van der Waals surface area contributed by atoms with E-state index >= 15 is 0 Å². The first kappa shape index (κ1) is 11.2. The molecule has 0 saturated heterocycles. The lowest BCUT2D eigenvalue weighted by atomic mass is 10.2. The summed E-state index contributed by atoms with van der Waals surface area (Å²) in [6.45, 7) is 3.78. The number of hydrogen-bond acceptors (Lipinski definition) is 1. The van der Waals surface area contributed by atoms with Gasteiger partial charge in [0, 0.05) is 5.02 Å². The molecular weight excluding hydrogens is 217 g/mol. The highest BCUT2D eigenvalue weighted by molar-refractivity contribution is 6.35. The molecule has 0 saturated carbocycles. The fourth-order valence-corrected chi connectivity index (χ4v) is 1.47. The standard InChI is InChI=1S/C11H11Cl2N/c1-4-8(3)14-11-6-9(12)7(2)5-10(11)13/h1,5-6,8,14H,2-3H3. The number of terminal acetylenes is 1. The van der Waals surface area contributed by atoms with E-state index in [1.165, 1.54) is 0 Å². The van der Waals surface area contributed by atoms with Gasteiger partial charge in [-0.05, 0) is 31.5 Å². The number of nitrogens with one attached hydrogen (secondary N) is 1. The minimum atomic E-state index is -0.0636. The van der Waals surface area contributed by atoms with Gasteiger partial charge in [-0.1, -0.05) is 29.1 Å². The van der Waals surface area contributed by atoms with Crippen LogP contribution in [0.4, 0.5) is 5.69 Å². The summed E-state index contributed by atoms with van der Waals surface area (Å²) in [7, 11) is 0. The Balaban J connectivity index is 2.99. The van der Waals surface area contributed by atoms with Crippen molar-refractivity contribution in [3.05, 3.63) is 27.7 Å². The zero-order valence-electron chi connectivity index (χ0n) is 8.07. The number of benzene rings is 1. The maximum atomic E-state index is 6.01. The third-order valence-corrected chi connectivity index (χ3v) is 2.59. The third-order valence-electron chi connectivity index (χ3n) is 1.87. The van der Waals surface area contributed by atoms with Gasteiger partial charge in [0.2, 0.25) is 0 Å². The van der Waals surface area contributed by atoms with Crippen LogP contribution in [0.2, 0.25) is 10.0 Å². The zero-order valence-corrected chi connectivity index (χ0v) is 9.58. The first-order valence-electron chi connectivity index (χ1n) is 4.23. The summed E-state index contributed by atoms with van der Waals surface area (Å²) in [4.78, 5) is 0. The molecule has 0 aliphatic rings. The molecule has 1 unspecified atom stereocenters. The number of hydrogen-bond donors (Lipinski definition) is 1. The SMILES string of the molecule is C#CC(C)Nc1cc(Cl)c(C)cc1Cl. The second-order valence-corrected chi connectivity index (χ2v) is 3.93. The molecule has 0 aliphatic carbocycles. The number of aryl methyl sites for hydroxylation is 1. The van der Waals surface area contributed by atoms with Crippen molar-refractivity contribution < 1.29 is 0 Å². The average Bonchev–Trinajstić information content (AvgIpc) is 2.14. The molecule has 1 N–H and O–H groups in total. The van der Waals surface area contributed by atoms with E-state index in [9.17, 15) is 0 Å². The van der Waals surface area contributed by atoms with Gasteiger partial charge in [0.1, 0.15) is 0 Å². The Morgan fingerprint density at radius 3 is 2.57 bits per heavy atom. The van der Waals surface area contributed by atoms with Crippen LogP contribution in [0.5, 0.6) is 0 Å². The number of halogens is 2. The molecule has 0 fully saturated rings. The van der Waals surface area contributed by atoms with E-state index in [4.69, 9.17) is 29.6 Å². The van der Waals surface area contributed by atoms with Crippen LogP contribution in [0.1, 0.15) is 12.5 Å². The van der Waals surface area contributed by atoms with Gasteiger partial charge in [0.25, 0.3) is 0 Å². The molecule has 0 radical (unpaired) electrons. The maximum absolute atomic E-state index is 6.01. The van der Waals surface area contributed by atoms with Gasteiger partial charge in [-0.2, -0.15) is 0 Å². The van der Waals surface area contributed by atoms with Crippen LogP contribution in [-0.2, 0) is 0 Å². The van der Waals surface area contributed by atoms with E-state index in [-0.39, 0.29) is 6.04 Å². The van der Waals surface area contributed by atoms with Crippen molar-refractivity contribution in [2.45, 2.75) is 19.9 Å². The van der Waals surface area contributed by atoms with Gasteiger partial charge >= 0.3 is 0 Å². The Kier molecular flexibility index (Phi) is 3.69. The minimum absolute atomic E-state index is 0.0636. The monoisotopic (exact) mass is 227 g/mol. The average molecular weight is 228 g/mol. The fourth-order valence-electron chi connectivity index (χ4n) is 1.03. The van der Waals surface area contributed by atoms with Crippen molar-refractivity contribution in [1.29, 1.82) is 0 Å². The van der Waals surface area contributed by atoms with Crippen molar-refractivity contribution in [2.24, 2.45) is 0 Å². The van der Waals surface area contributed by atoms with Gasteiger partial charge in [-0.15, -0.1) is 6.42 Å². The van der Waals surface area contributed by atoms with Gasteiger partial charge in [-0.3, -0.25) is 0 Å². The van der Waals surface area contributed by atoms with Gasteiger partial charge < -0.3 is 5.32 Å². The smallest absolute Gasteiger partial charge is 0.0846 e. The highest BCUT2D eigenvalue weighted by Gasteiger charge is 2.05. The van der Waals surface area contributed by atoms with Crippen LogP contribution < -0.4 is 5.32 Å². The molecule has 14 heavy (non-hydrogen) atoms. The normalized spacial score (nSPS) is 11.9. The molecule has 1 atom stereocenters. The number of rotatable bonds is 2. The number of anilines is 1. The van der Waals surface area contributed by atoms with Crippen molar-refractivity contribution >= 4 is 28.9 Å². The maximum Gasteiger partial charge on any atom is 0.0846 e. The van der Waals surface area contributed by atoms with Crippen molar-refractivity contribution in [2.75, 3.05) is 5.32 Å². The summed E-state index contributed by atoms with van der Waals surface area (Å²) in [5, 5.41) is 4.39. The van der Waals surface area contributed by atoms with Crippen LogP contribution in [0.3, 0.4) is 0 Å². The summed E-state index contributed by atoms with van der Waals surface area (Å²) in [6, 6.07) is 3.54. The molecule has 3 heteroatoms. The Hall–Kier alpha value is -0.840. The lowest BCUT2D eigenvalue weighted by molar-refractivity contribution is 1.04. The van der Waals surface area contributed by atoms with E-state index < -0.39 is 0 Å². The highest BCUT2D eigenvalue weighted by atomic mass is 35.5. The fraction of sp³-hybridized carbons (Fsp3) is 0.273. The van der Waals surface area contributed by atoms with E-state index in [1.807, 2.05) is 19.9 Å². The summed E-state index contributed by atoms with van der Waals surface area (Å²) < 4.78 is 0. The Morgan fingerprint density at radius 2 is 2.00 bits per heavy atom. The van der Waals surface area contributed by atoms with Crippen molar-refractivity contribution in [1.82, 2.24) is 0 Å². The largest absolute Gasteiger partial charge is 0.371 e. The molecule has 74 valence electrons. The van der Waals surface area contributed by atoms with Gasteiger partial charge in [0.15, 0.2) is 0 Å². The van der Waals surface area contributed by atoms with Crippen LogP contribution in [0, 0.1) is 19.3 Å². The van der Waals surface area contributed by atoms with E-state index in [0.717, 1.165) is 11.3 Å². The van der Waals surface area contributed by atoms with Crippen LogP contribution in [0.15, 0.2) is 12.1 Å². The molecule has 1 rings (SSSR count). The summed E-state index contributed by atoms with van der Waals surface area (Å²) in [6.07, 6.45) is 5.25. The first-order valence-corrected chi connectivity index (χ1v) is 4.98. The molecular formula is C11H11Cl2N. The van der Waals surface area contributed by atoms with Crippen LogP contribution >= 0.6 is 23.2 Å². The van der Waals surface area contributed by atoms with E-state index in [2.05, 4.69) is 11.2 Å². The Labute approximate surface area is 94.4 Å². The van der Waals surface area contributed by atoms with Crippen LogP contribution in [-0.4, -0.2) is 6.04 Å². The highest BCUT2D eigenvalue weighted by Crippen LogP contribution is 2.29. The second-order valence-electron chi connectivity index (χ2n) is 3.11. The molecule has 0 amide bonds. The molecule has 0 spiro atoms. The Bertz CT molecular complexity index is 380. The summed E-state index contributed by atoms with van der Waals surface area (Å²) >= 11 is 12.0. The second kappa shape index (κ2) is 4.59.